The third-order valence-corrected chi connectivity index (χ3v) is 8.18. The van der Waals surface area contributed by atoms with Gasteiger partial charge in [-0.25, -0.2) is 9.19 Å². The molecule has 12 heteroatoms. The number of methoxy groups -OCH3 is 1. The number of anilines is 2. The first-order valence-electron chi connectivity index (χ1n) is 12.9. The van der Waals surface area contributed by atoms with E-state index >= 15 is 0 Å². The quantitative estimate of drug-likeness (QED) is 0.327. The molecule has 1 aliphatic carbocycles. The summed E-state index contributed by atoms with van der Waals surface area (Å²) >= 11 is 0. The fourth-order valence-electron chi connectivity index (χ4n) is 4.23. The molecule has 1 aliphatic rings. The van der Waals surface area contributed by atoms with E-state index in [1.807, 2.05) is 6.08 Å². The molecule has 0 aliphatic heterocycles. The van der Waals surface area contributed by atoms with Crippen LogP contribution in [0.5, 0.6) is 0 Å². The highest BCUT2D eigenvalue weighted by Gasteiger charge is 2.22. The number of rotatable bonds is 6. The van der Waals surface area contributed by atoms with Gasteiger partial charge in [-0.1, -0.05) is 30.1 Å². The summed E-state index contributed by atoms with van der Waals surface area (Å²) < 4.78 is 23.6. The van der Waals surface area contributed by atoms with E-state index < -0.39 is 15.6 Å². The summed E-state index contributed by atoms with van der Waals surface area (Å²) in [6.07, 6.45) is 8.28. The lowest BCUT2D eigenvalue weighted by molar-refractivity contribution is -0.141. The molecular weight excluding hydrogens is 556 g/mol. The number of amides is 2. The van der Waals surface area contributed by atoms with Crippen LogP contribution < -0.4 is 11.1 Å². The molecule has 42 heavy (non-hydrogen) atoms. The number of nitrogens with one attached hydrogen (secondary N) is 1. The molecule has 2 atom stereocenters. The largest absolute Gasteiger partial charge is 0.469 e. The van der Waals surface area contributed by atoms with Crippen molar-refractivity contribution in [1.29, 1.82) is 0 Å². The number of hydrogen-bond donors (Lipinski definition) is 2. The molecule has 3 N–H and O–H groups in total. The first-order chi connectivity index (χ1) is 19.9. The SMILES string of the molecule is COC(=O)CC1C=CC=C(S(C)(=O)=NC(=O)c2cnc(N)c(C#Cc3cccc(NC(=O)c4cc(C)nn4C)c3)c2)C1. The molecule has 0 spiro atoms. The lowest BCUT2D eigenvalue weighted by Crippen LogP contribution is -2.16. The average molecular weight is 587 g/mol. The van der Waals surface area contributed by atoms with Gasteiger partial charge in [-0.15, -0.1) is 0 Å². The van der Waals surface area contributed by atoms with Gasteiger partial charge in [0, 0.05) is 35.7 Å². The normalized spacial score (nSPS) is 15.4. The Kier molecular flexibility index (Phi) is 9.02. The van der Waals surface area contributed by atoms with Crippen molar-refractivity contribution >= 4 is 39.0 Å². The van der Waals surface area contributed by atoms with E-state index in [2.05, 4.69) is 31.6 Å². The number of carbonyl (C=O) groups excluding carboxylic acids is 3. The molecule has 1 aromatic carbocycles. The molecule has 2 aromatic heterocycles. The van der Waals surface area contributed by atoms with Crippen molar-refractivity contribution in [2.75, 3.05) is 24.4 Å². The maximum Gasteiger partial charge on any atom is 0.306 e. The fraction of sp³-hybridized carbons (Fsp3) is 0.233. The Bertz CT molecular complexity index is 1820. The minimum Gasteiger partial charge on any atom is -0.469 e. The topological polar surface area (TPSA) is 159 Å². The van der Waals surface area contributed by atoms with E-state index in [9.17, 15) is 18.6 Å². The minimum atomic E-state index is -3.07. The van der Waals surface area contributed by atoms with Crippen molar-refractivity contribution in [2.45, 2.75) is 19.8 Å². The number of pyridine rings is 1. The Balaban J connectivity index is 1.52. The molecule has 2 unspecified atom stereocenters. The Morgan fingerprint density at radius 2 is 2.02 bits per heavy atom. The second kappa shape index (κ2) is 12.7. The molecule has 2 amide bonds. The molecule has 0 saturated heterocycles. The number of aromatic nitrogens is 3. The third kappa shape index (κ3) is 7.38. The molecule has 0 fully saturated rings. The number of nitrogens with zero attached hydrogens (tertiary/aromatic N) is 4. The van der Waals surface area contributed by atoms with E-state index in [0.717, 1.165) is 5.69 Å². The van der Waals surface area contributed by atoms with E-state index in [1.54, 1.807) is 56.5 Å². The Labute approximate surface area is 244 Å². The van der Waals surface area contributed by atoms with Crippen LogP contribution in [-0.2, 0) is 26.3 Å². The van der Waals surface area contributed by atoms with Gasteiger partial charge in [0.25, 0.3) is 11.8 Å². The van der Waals surface area contributed by atoms with Gasteiger partial charge in [0.05, 0.1) is 40.1 Å². The highest BCUT2D eigenvalue weighted by molar-refractivity contribution is 7.97. The summed E-state index contributed by atoms with van der Waals surface area (Å²) in [4.78, 5) is 41.8. The number of carbonyl (C=O) groups is 3. The van der Waals surface area contributed by atoms with Crippen LogP contribution in [0, 0.1) is 24.7 Å². The summed E-state index contributed by atoms with van der Waals surface area (Å²) in [7, 11) is -0.0674. The summed E-state index contributed by atoms with van der Waals surface area (Å²) in [6.45, 7) is 1.81. The molecule has 0 radical (unpaired) electrons. The molecule has 0 saturated carbocycles. The first-order valence-corrected chi connectivity index (χ1v) is 14.8. The monoisotopic (exact) mass is 586 g/mol. The smallest absolute Gasteiger partial charge is 0.306 e. The Morgan fingerprint density at radius 3 is 2.74 bits per heavy atom. The van der Waals surface area contributed by atoms with Crippen molar-refractivity contribution in [3.8, 4) is 11.8 Å². The molecule has 2 heterocycles. The number of aryl methyl sites for hydroxylation is 2. The summed E-state index contributed by atoms with van der Waals surface area (Å²) in [6, 6.07) is 10.1. The number of allylic oxidation sites excluding steroid dienone is 4. The van der Waals surface area contributed by atoms with Crippen molar-refractivity contribution < 1.29 is 23.3 Å². The molecule has 4 rings (SSSR count). The number of ether oxygens (including phenoxy) is 1. The zero-order valence-electron chi connectivity index (χ0n) is 23.6. The number of hydrogen-bond acceptors (Lipinski definition) is 8. The predicted molar refractivity (Wildman–Crippen MR) is 160 cm³/mol. The van der Waals surface area contributed by atoms with Crippen LogP contribution >= 0.6 is 0 Å². The van der Waals surface area contributed by atoms with Gasteiger partial charge in [0.2, 0.25) is 0 Å². The summed E-state index contributed by atoms with van der Waals surface area (Å²) in [5.41, 5.74) is 8.65. The molecular formula is C30H30N6O5S. The minimum absolute atomic E-state index is 0.0774. The number of nitrogens with two attached hydrogens (primary N) is 1. The molecule has 3 aromatic rings. The van der Waals surface area contributed by atoms with E-state index in [1.165, 1.54) is 30.3 Å². The lowest BCUT2D eigenvalue weighted by atomic mass is 9.97. The number of nitrogen functional groups attached to an aromatic ring is 1. The van der Waals surface area contributed by atoms with Gasteiger partial charge in [0.15, 0.2) is 0 Å². The zero-order chi connectivity index (χ0) is 30.4. The Morgan fingerprint density at radius 1 is 1.24 bits per heavy atom. The first kappa shape index (κ1) is 30.0. The zero-order valence-corrected chi connectivity index (χ0v) is 24.4. The van der Waals surface area contributed by atoms with E-state index in [0.29, 0.717) is 28.3 Å². The lowest BCUT2D eigenvalue weighted by Gasteiger charge is -2.18. The van der Waals surface area contributed by atoms with Crippen LogP contribution in [0.4, 0.5) is 11.5 Å². The number of benzene rings is 1. The van der Waals surface area contributed by atoms with Crippen LogP contribution in [0.15, 0.2) is 70.1 Å². The van der Waals surface area contributed by atoms with Crippen molar-refractivity contribution in [1.82, 2.24) is 14.8 Å². The third-order valence-electron chi connectivity index (χ3n) is 6.39. The molecule has 11 nitrogen and oxygen atoms in total. The Hall–Kier alpha value is -5.02. The highest BCUT2D eigenvalue weighted by atomic mass is 32.2. The van der Waals surface area contributed by atoms with Crippen LogP contribution in [0.3, 0.4) is 0 Å². The van der Waals surface area contributed by atoms with Crippen LogP contribution in [0.25, 0.3) is 0 Å². The maximum absolute atomic E-state index is 13.4. The van der Waals surface area contributed by atoms with Crippen molar-refractivity contribution in [3.05, 3.63) is 93.8 Å². The summed E-state index contributed by atoms with van der Waals surface area (Å²) in [5.74, 6) is 4.38. The second-order valence-electron chi connectivity index (χ2n) is 9.70. The average Bonchev–Trinajstić information content (AvgIpc) is 3.30. The van der Waals surface area contributed by atoms with Gasteiger partial charge in [-0.2, -0.15) is 9.46 Å². The standard InChI is InChI=1S/C30H30N6O5S/c1-19-13-26(36(2)34-19)30(39)33-24-9-5-7-20(14-24)11-12-22-17-23(18-32-28(22)31)29(38)35-42(4,40)25-10-6-8-21(15-25)16-27(37)41-3/h5-10,13-14,17-18,21H,15-16H2,1-4H3,(H2,31,32)(H,33,39). The van der Waals surface area contributed by atoms with Gasteiger partial charge in [0.1, 0.15) is 11.5 Å². The van der Waals surface area contributed by atoms with Gasteiger partial charge < -0.3 is 15.8 Å². The maximum atomic E-state index is 13.4. The van der Waals surface area contributed by atoms with Gasteiger partial charge in [-0.3, -0.25) is 19.1 Å². The van der Waals surface area contributed by atoms with Crippen LogP contribution in [0.1, 0.15) is 50.5 Å². The van der Waals surface area contributed by atoms with Gasteiger partial charge >= 0.3 is 5.97 Å². The molecule has 0 bridgehead atoms. The number of esters is 1. The van der Waals surface area contributed by atoms with Crippen LogP contribution in [-0.4, -0.2) is 50.1 Å². The van der Waals surface area contributed by atoms with Crippen molar-refractivity contribution in [3.63, 3.8) is 0 Å². The van der Waals surface area contributed by atoms with E-state index in [4.69, 9.17) is 10.5 Å². The predicted octanol–water partition coefficient (Wildman–Crippen LogP) is 3.62. The van der Waals surface area contributed by atoms with Crippen molar-refractivity contribution in [2.24, 2.45) is 17.3 Å². The highest BCUT2D eigenvalue weighted by Crippen LogP contribution is 2.27. The second-order valence-corrected chi connectivity index (χ2v) is 12.0. The fourth-order valence-corrected chi connectivity index (χ4v) is 5.62. The summed E-state index contributed by atoms with van der Waals surface area (Å²) in [5, 5.41) is 7.02. The van der Waals surface area contributed by atoms with E-state index in [-0.39, 0.29) is 41.2 Å². The molecule has 216 valence electrons. The van der Waals surface area contributed by atoms with Crippen LogP contribution in [0.2, 0.25) is 0 Å². The van der Waals surface area contributed by atoms with Gasteiger partial charge in [-0.05, 0) is 55.7 Å².